The lowest BCUT2D eigenvalue weighted by atomic mass is 9.93. The summed E-state index contributed by atoms with van der Waals surface area (Å²) in [5.74, 6) is 0. The van der Waals surface area contributed by atoms with E-state index in [1.807, 2.05) is 0 Å². The molecule has 9 aromatic carbocycles. The van der Waals surface area contributed by atoms with Gasteiger partial charge in [0, 0.05) is 44.4 Å². The second kappa shape index (κ2) is 12.2. The maximum absolute atomic E-state index is 3.91. The summed E-state index contributed by atoms with van der Waals surface area (Å²) >= 11 is 0. The minimum atomic E-state index is 1.07. The van der Waals surface area contributed by atoms with Gasteiger partial charge in [0.15, 0.2) is 0 Å². The number of para-hydroxylation sites is 2. The van der Waals surface area contributed by atoms with Gasteiger partial charge in [-0.2, -0.15) is 0 Å². The molecule has 0 bridgehead atoms. The number of benzene rings is 9. The summed E-state index contributed by atoms with van der Waals surface area (Å²) in [6.07, 6.45) is 0. The highest BCUT2D eigenvalue weighted by Gasteiger charge is 2.24. The van der Waals surface area contributed by atoms with Crippen molar-refractivity contribution in [3.8, 4) is 61.3 Å². The molecule has 0 spiro atoms. The molecule has 10 aromatic rings. The lowest BCUT2D eigenvalue weighted by Gasteiger charge is -2.18. The fraction of sp³-hybridized carbons (Fsp3) is 0. The van der Waals surface area contributed by atoms with E-state index in [9.17, 15) is 0 Å². The zero-order valence-electron chi connectivity index (χ0n) is 29.5. The molecule has 0 aliphatic carbocycles. The van der Waals surface area contributed by atoms with Crippen molar-refractivity contribution in [1.82, 2.24) is 4.57 Å². The molecule has 2 nitrogen and oxygen atoms in total. The van der Waals surface area contributed by atoms with E-state index in [4.69, 9.17) is 0 Å². The molecule has 252 valence electrons. The number of nitrogens with one attached hydrogen (secondary N) is 1. The number of rotatable bonds is 5. The maximum Gasteiger partial charge on any atom is 0.0619 e. The number of nitrogens with zero attached hydrogens (tertiary/aromatic N) is 1. The van der Waals surface area contributed by atoms with Gasteiger partial charge in [-0.05, 0) is 86.6 Å². The highest BCUT2D eigenvalue weighted by atomic mass is 15.0. The topological polar surface area (TPSA) is 17.0 Å². The number of anilines is 2. The van der Waals surface area contributed by atoms with E-state index in [0.29, 0.717) is 0 Å². The lowest BCUT2D eigenvalue weighted by molar-refractivity contribution is 1.19. The van der Waals surface area contributed by atoms with Crippen molar-refractivity contribution in [2.75, 3.05) is 5.32 Å². The molecule has 2 heteroatoms. The van der Waals surface area contributed by atoms with Crippen molar-refractivity contribution in [2.45, 2.75) is 0 Å². The van der Waals surface area contributed by atoms with Gasteiger partial charge in [-0.3, -0.25) is 0 Å². The number of hydrogen-bond donors (Lipinski definition) is 1. The van der Waals surface area contributed by atoms with Gasteiger partial charge in [-0.25, -0.2) is 0 Å². The predicted molar refractivity (Wildman–Crippen MR) is 229 cm³/mol. The van der Waals surface area contributed by atoms with Crippen molar-refractivity contribution in [3.05, 3.63) is 200 Å². The molecule has 11 rings (SSSR count). The van der Waals surface area contributed by atoms with Gasteiger partial charge in [-0.1, -0.05) is 158 Å². The maximum atomic E-state index is 3.91. The fourth-order valence-electron chi connectivity index (χ4n) is 8.60. The van der Waals surface area contributed by atoms with E-state index >= 15 is 0 Å². The van der Waals surface area contributed by atoms with Crippen LogP contribution in [0.25, 0.3) is 93.9 Å². The molecule has 0 amide bonds. The molecule has 1 aliphatic rings. The Labute approximate surface area is 314 Å². The van der Waals surface area contributed by atoms with Gasteiger partial charge in [0.05, 0.1) is 16.7 Å². The zero-order valence-corrected chi connectivity index (χ0v) is 29.5. The molecule has 0 atom stereocenters. The van der Waals surface area contributed by atoms with Crippen LogP contribution in [0.1, 0.15) is 0 Å². The molecule has 54 heavy (non-hydrogen) atoms. The smallest absolute Gasteiger partial charge is 0.0619 e. The largest absolute Gasteiger partial charge is 0.354 e. The lowest BCUT2D eigenvalue weighted by Crippen LogP contribution is -1.97. The first-order chi connectivity index (χ1) is 26.8. The van der Waals surface area contributed by atoms with Gasteiger partial charge >= 0.3 is 0 Å². The molecule has 1 aromatic heterocycles. The van der Waals surface area contributed by atoms with E-state index < -0.39 is 0 Å². The second-order valence-electron chi connectivity index (χ2n) is 14.2. The zero-order chi connectivity index (χ0) is 35.6. The Kier molecular flexibility index (Phi) is 6.90. The average Bonchev–Trinajstić information content (AvgIpc) is 3.51. The molecular weight excluding hydrogens is 653 g/mol. The van der Waals surface area contributed by atoms with Crippen LogP contribution in [0.2, 0.25) is 0 Å². The Balaban J connectivity index is 1.09. The standard InChI is InChI=1S/C52H34N2/c1-3-14-34(15-4-1)45-31-38(26-28-48(45)53-49-33-37-19-8-7-18-36(37)30-46(49)35-16-5-2-6-17-35)39-27-29-51-47(32-39)44-24-13-23-43-41-21-10-9-20-40(41)42-22-11-12-25-50(42)54(51)52(43)44/h1-33,53H. The quantitative estimate of drug-likeness (QED) is 0.191. The molecule has 0 saturated carbocycles. The van der Waals surface area contributed by atoms with Crippen LogP contribution in [-0.2, 0) is 0 Å². The molecule has 0 unspecified atom stereocenters. The molecule has 2 heterocycles. The van der Waals surface area contributed by atoms with E-state index in [1.54, 1.807) is 0 Å². The molecule has 1 N–H and O–H groups in total. The van der Waals surface area contributed by atoms with Crippen LogP contribution in [0.3, 0.4) is 0 Å². The van der Waals surface area contributed by atoms with Crippen molar-refractivity contribution in [3.63, 3.8) is 0 Å². The summed E-state index contributed by atoms with van der Waals surface area (Å²) in [5.41, 5.74) is 18.0. The summed E-state index contributed by atoms with van der Waals surface area (Å²) in [5, 5.41) is 8.86. The Bertz CT molecular complexity index is 3060. The van der Waals surface area contributed by atoms with Crippen LogP contribution in [0, 0.1) is 0 Å². The molecule has 1 aliphatic heterocycles. The first-order valence-corrected chi connectivity index (χ1v) is 18.6. The van der Waals surface area contributed by atoms with E-state index in [0.717, 1.165) is 16.9 Å². The highest BCUT2D eigenvalue weighted by Crippen LogP contribution is 2.47. The fourth-order valence-corrected chi connectivity index (χ4v) is 8.60. The van der Waals surface area contributed by atoms with Gasteiger partial charge < -0.3 is 9.88 Å². The van der Waals surface area contributed by atoms with E-state index in [2.05, 4.69) is 210 Å². The third-order valence-corrected chi connectivity index (χ3v) is 11.1. The Morgan fingerprint density at radius 1 is 0.315 bits per heavy atom. The van der Waals surface area contributed by atoms with Gasteiger partial charge in [-0.15, -0.1) is 0 Å². The molecule has 0 fully saturated rings. The summed E-state index contributed by atoms with van der Waals surface area (Å²) in [4.78, 5) is 0. The minimum Gasteiger partial charge on any atom is -0.354 e. The van der Waals surface area contributed by atoms with Crippen molar-refractivity contribution in [2.24, 2.45) is 0 Å². The Hall–Kier alpha value is -7.16. The normalized spacial score (nSPS) is 11.7. The van der Waals surface area contributed by atoms with Gasteiger partial charge in [0.2, 0.25) is 0 Å². The second-order valence-corrected chi connectivity index (χ2v) is 14.2. The van der Waals surface area contributed by atoms with E-state index in [1.165, 1.54) is 88.3 Å². The number of hydrogen-bond acceptors (Lipinski definition) is 1. The first-order valence-electron chi connectivity index (χ1n) is 18.6. The van der Waals surface area contributed by atoms with E-state index in [-0.39, 0.29) is 0 Å². The number of aromatic nitrogens is 1. The predicted octanol–water partition coefficient (Wildman–Crippen LogP) is 14.3. The summed E-state index contributed by atoms with van der Waals surface area (Å²) in [6.45, 7) is 0. The van der Waals surface area contributed by atoms with Crippen LogP contribution in [0.15, 0.2) is 200 Å². The molecule has 0 radical (unpaired) electrons. The Morgan fingerprint density at radius 3 is 1.65 bits per heavy atom. The first kappa shape index (κ1) is 30.5. The Morgan fingerprint density at radius 2 is 0.889 bits per heavy atom. The highest BCUT2D eigenvalue weighted by molar-refractivity contribution is 6.17. The van der Waals surface area contributed by atoms with Crippen LogP contribution < -0.4 is 5.32 Å². The third kappa shape index (κ3) is 4.81. The SMILES string of the molecule is c1ccc(-c2cc(-c3ccc4c(c3)c3cccc5c3n4-c3ccccc3-c3ccccc3-5)ccc2Nc2cc3ccccc3cc2-c2ccccc2)cc1. The number of fused-ring (bicyclic) bond motifs is 9. The average molecular weight is 687 g/mol. The summed E-state index contributed by atoms with van der Waals surface area (Å²) < 4.78 is 2.48. The minimum absolute atomic E-state index is 1.07. The van der Waals surface area contributed by atoms with Crippen LogP contribution in [0.4, 0.5) is 11.4 Å². The van der Waals surface area contributed by atoms with Crippen LogP contribution in [-0.4, -0.2) is 4.57 Å². The van der Waals surface area contributed by atoms with Crippen molar-refractivity contribution < 1.29 is 0 Å². The molecular formula is C52H34N2. The van der Waals surface area contributed by atoms with Crippen molar-refractivity contribution >= 4 is 44.0 Å². The third-order valence-electron chi connectivity index (χ3n) is 11.1. The summed E-state index contributed by atoms with van der Waals surface area (Å²) in [7, 11) is 0. The monoisotopic (exact) mass is 686 g/mol. The van der Waals surface area contributed by atoms with Gasteiger partial charge in [0.25, 0.3) is 0 Å². The molecule has 0 saturated heterocycles. The van der Waals surface area contributed by atoms with Crippen LogP contribution >= 0.6 is 0 Å². The van der Waals surface area contributed by atoms with Crippen molar-refractivity contribution in [1.29, 1.82) is 0 Å². The summed E-state index contributed by atoms with van der Waals surface area (Å²) in [6, 6.07) is 72.9. The van der Waals surface area contributed by atoms with Crippen LogP contribution in [0.5, 0.6) is 0 Å². The van der Waals surface area contributed by atoms with Gasteiger partial charge in [0.1, 0.15) is 0 Å².